The highest BCUT2D eigenvalue weighted by molar-refractivity contribution is 5.72. The first kappa shape index (κ1) is 21.6. The van der Waals surface area contributed by atoms with Crippen molar-refractivity contribution in [3.05, 3.63) is 47.3 Å². The fourth-order valence-electron chi connectivity index (χ4n) is 4.79. The maximum Gasteiger partial charge on any atom is 0.309 e. The number of rotatable bonds is 6. The van der Waals surface area contributed by atoms with Gasteiger partial charge in [-0.2, -0.15) is 9.65 Å². The number of carbonyl (C=O) groups is 1. The summed E-state index contributed by atoms with van der Waals surface area (Å²) in [5.74, 6) is -0.238. The fourth-order valence-corrected chi connectivity index (χ4v) is 4.79. The van der Waals surface area contributed by atoms with Gasteiger partial charge in [0.25, 0.3) is 0 Å². The van der Waals surface area contributed by atoms with Gasteiger partial charge in [0.2, 0.25) is 0 Å². The summed E-state index contributed by atoms with van der Waals surface area (Å²) in [6, 6.07) is 10.6. The minimum absolute atomic E-state index is 0.0340. The molecule has 2 saturated carbocycles. The zero-order valence-corrected chi connectivity index (χ0v) is 17.4. The second-order valence-electron chi connectivity index (χ2n) is 8.64. The van der Waals surface area contributed by atoms with Crippen LogP contribution in [-0.4, -0.2) is 12.1 Å². The molecule has 0 unspecified atom stereocenters. The first-order chi connectivity index (χ1) is 14.1. The van der Waals surface area contributed by atoms with Crippen molar-refractivity contribution in [2.75, 3.05) is 0 Å². The number of hydrogen-bond donors (Lipinski definition) is 0. The summed E-state index contributed by atoms with van der Waals surface area (Å²) in [5, 5.41) is 8.55. The largest absolute Gasteiger partial charge is 0.462 e. The van der Waals surface area contributed by atoms with E-state index in [0.717, 1.165) is 57.8 Å². The van der Waals surface area contributed by atoms with Crippen LogP contribution >= 0.6 is 0 Å². The third kappa shape index (κ3) is 6.16. The molecule has 1 aromatic rings. The van der Waals surface area contributed by atoms with Crippen molar-refractivity contribution in [3.63, 3.8) is 0 Å². The highest BCUT2D eigenvalue weighted by atomic mass is 19.1. The van der Waals surface area contributed by atoms with Crippen LogP contribution in [0.3, 0.4) is 0 Å². The Kier molecular flexibility index (Phi) is 7.86. The number of carbonyl (C=O) groups excluding carboxylic acids is 1. The van der Waals surface area contributed by atoms with Crippen LogP contribution in [0.25, 0.3) is 0 Å². The molecule has 2 aliphatic carbocycles. The van der Waals surface area contributed by atoms with Crippen molar-refractivity contribution in [1.82, 2.24) is 0 Å². The van der Waals surface area contributed by atoms with E-state index in [-0.39, 0.29) is 23.9 Å². The highest BCUT2D eigenvalue weighted by Crippen LogP contribution is 2.36. The molecule has 0 amide bonds. The molecule has 0 bridgehead atoms. The van der Waals surface area contributed by atoms with E-state index in [1.54, 1.807) is 0 Å². The molecule has 156 valence electrons. The lowest BCUT2D eigenvalue weighted by molar-refractivity contribution is -0.157. The highest BCUT2D eigenvalue weighted by Gasteiger charge is 2.30. The molecule has 0 atom stereocenters. The summed E-state index contributed by atoms with van der Waals surface area (Å²) in [7, 11) is 0. The van der Waals surface area contributed by atoms with Crippen molar-refractivity contribution >= 4 is 5.97 Å². The average Bonchev–Trinajstić information content (AvgIpc) is 2.75. The lowest BCUT2D eigenvalue weighted by atomic mass is 9.81. The Hall–Kier alpha value is -2.15. The second kappa shape index (κ2) is 10.6. The molecule has 2 aliphatic rings. The van der Waals surface area contributed by atoms with Gasteiger partial charge >= 0.3 is 5.97 Å². The molecule has 0 saturated heterocycles. The number of esters is 1. The number of nitrogens with zero attached hydrogens (tertiary/aromatic N) is 1. The summed E-state index contributed by atoms with van der Waals surface area (Å²) >= 11 is 0. The van der Waals surface area contributed by atoms with Gasteiger partial charge in [-0.15, -0.1) is 0 Å². The average molecular weight is 398 g/mol. The summed E-state index contributed by atoms with van der Waals surface area (Å²) < 4.78 is 18.9. The van der Waals surface area contributed by atoms with Gasteiger partial charge < -0.3 is 4.74 Å². The molecule has 0 N–H and O–H groups in total. The van der Waals surface area contributed by atoms with Crippen LogP contribution in [0.5, 0.6) is 0 Å². The molecule has 0 heterocycles. The Balaban J connectivity index is 1.41. The number of halogens is 1. The minimum atomic E-state index is -0.715. The molecule has 0 aliphatic heterocycles. The smallest absolute Gasteiger partial charge is 0.309 e. The van der Waals surface area contributed by atoms with Crippen molar-refractivity contribution < 1.29 is 13.9 Å². The molecule has 4 heteroatoms. The number of benzene rings is 1. The minimum Gasteiger partial charge on any atom is -0.462 e. The molecule has 29 heavy (non-hydrogen) atoms. The van der Waals surface area contributed by atoms with E-state index < -0.39 is 5.83 Å². The fraction of sp³-hybridized carbons (Fsp3) is 0.600. The van der Waals surface area contributed by atoms with Crippen LogP contribution in [0, 0.1) is 23.2 Å². The number of hydrogen-bond acceptors (Lipinski definition) is 3. The van der Waals surface area contributed by atoms with Crippen LogP contribution < -0.4 is 0 Å². The lowest BCUT2D eigenvalue weighted by Crippen LogP contribution is -2.29. The molecular formula is C25H32FNO2. The van der Waals surface area contributed by atoms with E-state index in [2.05, 4.69) is 31.2 Å². The van der Waals surface area contributed by atoms with E-state index in [9.17, 15) is 9.18 Å². The predicted molar refractivity (Wildman–Crippen MR) is 112 cm³/mol. The summed E-state index contributed by atoms with van der Waals surface area (Å²) in [6.07, 6.45) is 10.7. The van der Waals surface area contributed by atoms with Gasteiger partial charge in [0, 0.05) is 0 Å². The Morgan fingerprint density at radius 2 is 1.76 bits per heavy atom. The van der Waals surface area contributed by atoms with E-state index in [4.69, 9.17) is 10.00 Å². The predicted octanol–water partition coefficient (Wildman–Crippen LogP) is 6.39. The number of allylic oxidation sites excluding steroid dienone is 2. The quantitative estimate of drug-likeness (QED) is 0.413. The summed E-state index contributed by atoms with van der Waals surface area (Å²) in [4.78, 5) is 12.5. The van der Waals surface area contributed by atoms with E-state index in [1.807, 2.05) is 0 Å². The van der Waals surface area contributed by atoms with E-state index in [0.29, 0.717) is 5.92 Å². The Labute approximate surface area is 173 Å². The zero-order chi connectivity index (χ0) is 20.6. The molecule has 3 nitrogen and oxygen atoms in total. The van der Waals surface area contributed by atoms with Gasteiger partial charge in [0.05, 0.1) is 5.92 Å². The molecule has 3 rings (SSSR count). The second-order valence-corrected chi connectivity index (χ2v) is 8.64. The Morgan fingerprint density at radius 3 is 2.34 bits per heavy atom. The van der Waals surface area contributed by atoms with Crippen LogP contribution in [0.1, 0.15) is 81.8 Å². The monoisotopic (exact) mass is 397 g/mol. The number of aryl methyl sites for hydroxylation is 1. The van der Waals surface area contributed by atoms with Crippen LogP contribution in [0.15, 0.2) is 36.2 Å². The van der Waals surface area contributed by atoms with Crippen molar-refractivity contribution in [2.45, 2.75) is 83.2 Å². The van der Waals surface area contributed by atoms with Crippen molar-refractivity contribution in [2.24, 2.45) is 11.8 Å². The molecule has 0 spiro atoms. The maximum atomic E-state index is 13.1. The van der Waals surface area contributed by atoms with E-state index >= 15 is 0 Å². The van der Waals surface area contributed by atoms with Gasteiger partial charge in [0.1, 0.15) is 12.2 Å². The number of nitriles is 1. The molecular weight excluding hydrogens is 365 g/mol. The van der Waals surface area contributed by atoms with E-state index in [1.165, 1.54) is 29.7 Å². The normalized spacial score (nSPS) is 27.8. The van der Waals surface area contributed by atoms with Gasteiger partial charge in [-0.3, -0.25) is 4.79 Å². The van der Waals surface area contributed by atoms with Crippen LogP contribution in [0.2, 0.25) is 0 Å². The Morgan fingerprint density at radius 1 is 1.10 bits per heavy atom. The number of ether oxygens (including phenoxy) is 1. The first-order valence-corrected chi connectivity index (χ1v) is 11.2. The topological polar surface area (TPSA) is 50.1 Å². The van der Waals surface area contributed by atoms with Crippen molar-refractivity contribution in [1.29, 1.82) is 5.26 Å². The Bertz CT molecular complexity index is 733. The summed E-state index contributed by atoms with van der Waals surface area (Å²) in [6.45, 7) is 2.20. The zero-order valence-electron chi connectivity index (χ0n) is 17.4. The summed E-state index contributed by atoms with van der Waals surface area (Å²) in [5.41, 5.74) is 2.81. The molecule has 2 fully saturated rings. The molecule has 0 aromatic heterocycles. The van der Waals surface area contributed by atoms with Gasteiger partial charge in [-0.25, -0.2) is 0 Å². The van der Waals surface area contributed by atoms with Crippen LogP contribution in [0.4, 0.5) is 4.39 Å². The van der Waals surface area contributed by atoms with Gasteiger partial charge in [-0.1, -0.05) is 37.6 Å². The van der Waals surface area contributed by atoms with Gasteiger partial charge in [-0.05, 0) is 86.8 Å². The lowest BCUT2D eigenvalue weighted by Gasteiger charge is -2.31. The maximum absolute atomic E-state index is 13.1. The molecule has 1 aromatic carbocycles. The first-order valence-electron chi connectivity index (χ1n) is 11.2. The van der Waals surface area contributed by atoms with Crippen LogP contribution in [-0.2, 0) is 16.0 Å². The SMILES string of the molecule is CCCc1ccc(C2CCC(OC(=O)C3CCC(C=C(F)C#N)CC3)CC2)cc1. The molecule has 0 radical (unpaired) electrons. The standard InChI is InChI=1S/C25H32FNO2/c1-2-3-18-4-8-20(9-5-18)21-12-14-24(15-13-21)29-25(28)22-10-6-19(7-11-22)16-23(26)17-27/h4-5,8-9,16,19,21-22,24H,2-3,6-7,10-15H2,1H3. The third-order valence-corrected chi connectivity index (χ3v) is 6.54. The third-order valence-electron chi connectivity index (χ3n) is 6.54. The van der Waals surface area contributed by atoms with Crippen molar-refractivity contribution in [3.8, 4) is 6.07 Å². The van der Waals surface area contributed by atoms with Gasteiger partial charge in [0.15, 0.2) is 5.83 Å².